The Balaban J connectivity index is 2.05. The van der Waals surface area contributed by atoms with Crippen molar-refractivity contribution >= 4 is 0 Å². The maximum Gasteiger partial charge on any atom is 0.0948 e. The van der Waals surface area contributed by atoms with Crippen molar-refractivity contribution in [2.45, 2.75) is 39.3 Å². The maximum atomic E-state index is 4.21. The van der Waals surface area contributed by atoms with E-state index in [0.29, 0.717) is 5.41 Å². The van der Waals surface area contributed by atoms with Gasteiger partial charge in [0.2, 0.25) is 0 Å². The molecule has 0 saturated heterocycles. The molecule has 1 saturated carbocycles. The third-order valence-corrected chi connectivity index (χ3v) is 3.37. The minimum absolute atomic E-state index is 0.600. The average molecular weight is 193 g/mol. The van der Waals surface area contributed by atoms with Gasteiger partial charge in [0.1, 0.15) is 0 Å². The predicted octanol–water partition coefficient (Wildman–Crippen LogP) is 1.79. The smallest absolute Gasteiger partial charge is 0.0948 e. The molecule has 0 spiro atoms. The number of nitrogens with one attached hydrogen (secondary N) is 1. The fraction of sp³-hybridized carbons (Fsp3) is 0.727. The van der Waals surface area contributed by atoms with Gasteiger partial charge in [0.15, 0.2) is 0 Å². The molecule has 0 bridgehead atoms. The molecule has 3 nitrogen and oxygen atoms in total. The van der Waals surface area contributed by atoms with Crippen LogP contribution in [0.1, 0.15) is 31.9 Å². The lowest BCUT2D eigenvalue weighted by atomic mass is 10.0. The molecule has 1 aliphatic carbocycles. The fourth-order valence-corrected chi connectivity index (χ4v) is 1.98. The molecule has 1 fully saturated rings. The van der Waals surface area contributed by atoms with E-state index in [0.717, 1.165) is 13.1 Å². The van der Waals surface area contributed by atoms with E-state index >= 15 is 0 Å². The van der Waals surface area contributed by atoms with Crippen molar-refractivity contribution in [1.29, 1.82) is 0 Å². The first-order chi connectivity index (χ1) is 6.79. The molecule has 78 valence electrons. The highest BCUT2D eigenvalue weighted by atomic mass is 15.1. The van der Waals surface area contributed by atoms with E-state index in [2.05, 4.69) is 21.8 Å². The summed E-state index contributed by atoms with van der Waals surface area (Å²) < 4.78 is 2.30. The molecule has 0 aliphatic heterocycles. The van der Waals surface area contributed by atoms with E-state index in [9.17, 15) is 0 Å². The molecule has 0 radical (unpaired) electrons. The van der Waals surface area contributed by atoms with Gasteiger partial charge < -0.3 is 9.88 Å². The van der Waals surface area contributed by atoms with Gasteiger partial charge in [-0.25, -0.2) is 4.98 Å². The van der Waals surface area contributed by atoms with Crippen molar-refractivity contribution in [3.63, 3.8) is 0 Å². The number of imidazole rings is 1. The van der Waals surface area contributed by atoms with Crippen molar-refractivity contribution in [1.82, 2.24) is 14.9 Å². The summed E-state index contributed by atoms with van der Waals surface area (Å²) in [5, 5.41) is 3.17. The molecule has 3 heteroatoms. The Morgan fingerprint density at radius 1 is 1.57 bits per heavy atom. The SMILES string of the molecule is CCC1(Cn2cncc2CNC)CC1. The van der Waals surface area contributed by atoms with Gasteiger partial charge in [0.25, 0.3) is 0 Å². The third kappa shape index (κ3) is 1.82. The summed E-state index contributed by atoms with van der Waals surface area (Å²) in [7, 11) is 1.98. The van der Waals surface area contributed by atoms with Crippen LogP contribution >= 0.6 is 0 Å². The van der Waals surface area contributed by atoms with Crippen molar-refractivity contribution in [2.24, 2.45) is 5.41 Å². The number of hydrogen-bond donors (Lipinski definition) is 1. The van der Waals surface area contributed by atoms with Gasteiger partial charge >= 0.3 is 0 Å². The largest absolute Gasteiger partial charge is 0.333 e. The summed E-state index contributed by atoms with van der Waals surface area (Å²) in [6, 6.07) is 0. The molecule has 0 amide bonds. The van der Waals surface area contributed by atoms with Crippen LogP contribution < -0.4 is 5.32 Å². The minimum Gasteiger partial charge on any atom is -0.333 e. The quantitative estimate of drug-likeness (QED) is 0.772. The van der Waals surface area contributed by atoms with Crippen LogP contribution in [-0.2, 0) is 13.1 Å². The third-order valence-electron chi connectivity index (χ3n) is 3.37. The van der Waals surface area contributed by atoms with Gasteiger partial charge in [0.05, 0.1) is 12.0 Å². The first kappa shape index (κ1) is 9.71. The first-order valence-corrected chi connectivity index (χ1v) is 5.43. The van der Waals surface area contributed by atoms with Gasteiger partial charge in [0, 0.05) is 19.3 Å². The van der Waals surface area contributed by atoms with Crippen LogP contribution in [-0.4, -0.2) is 16.6 Å². The van der Waals surface area contributed by atoms with Crippen LogP contribution in [0.2, 0.25) is 0 Å². The van der Waals surface area contributed by atoms with Crippen LogP contribution in [0.25, 0.3) is 0 Å². The highest BCUT2D eigenvalue weighted by Gasteiger charge is 2.40. The van der Waals surface area contributed by atoms with Crippen molar-refractivity contribution in [3.8, 4) is 0 Å². The topological polar surface area (TPSA) is 29.9 Å². The molecule has 1 aromatic heterocycles. The second kappa shape index (κ2) is 3.73. The second-order valence-corrected chi connectivity index (χ2v) is 4.40. The molecule has 1 aromatic rings. The monoisotopic (exact) mass is 193 g/mol. The van der Waals surface area contributed by atoms with Crippen molar-refractivity contribution < 1.29 is 0 Å². The van der Waals surface area contributed by atoms with Gasteiger partial charge in [-0.1, -0.05) is 6.92 Å². The molecule has 0 aromatic carbocycles. The average Bonchev–Trinajstić information content (AvgIpc) is 2.84. The molecular weight excluding hydrogens is 174 g/mol. The van der Waals surface area contributed by atoms with Crippen LogP contribution in [0, 0.1) is 5.41 Å². The predicted molar refractivity (Wildman–Crippen MR) is 56.9 cm³/mol. The number of rotatable bonds is 5. The number of nitrogens with zero attached hydrogens (tertiary/aromatic N) is 2. The minimum atomic E-state index is 0.600. The lowest BCUT2D eigenvalue weighted by molar-refractivity contribution is 0.400. The van der Waals surface area contributed by atoms with Crippen molar-refractivity contribution in [3.05, 3.63) is 18.2 Å². The van der Waals surface area contributed by atoms with Crippen LogP contribution in [0.15, 0.2) is 12.5 Å². The number of aromatic nitrogens is 2. The second-order valence-electron chi connectivity index (χ2n) is 4.40. The molecule has 0 atom stereocenters. The standard InChI is InChI=1S/C11H19N3/c1-3-11(4-5-11)8-14-9-13-7-10(14)6-12-2/h7,9,12H,3-6,8H2,1-2H3. The summed E-state index contributed by atoms with van der Waals surface area (Å²) in [6.07, 6.45) is 8.00. The Labute approximate surface area is 85.5 Å². The molecule has 1 N–H and O–H groups in total. The highest BCUT2D eigenvalue weighted by Crippen LogP contribution is 2.50. The molecular formula is C11H19N3. The van der Waals surface area contributed by atoms with Crippen LogP contribution in [0.5, 0.6) is 0 Å². The first-order valence-electron chi connectivity index (χ1n) is 5.43. The molecule has 2 rings (SSSR count). The van der Waals surface area contributed by atoms with Crippen molar-refractivity contribution in [2.75, 3.05) is 7.05 Å². The number of hydrogen-bond acceptors (Lipinski definition) is 2. The van der Waals surface area contributed by atoms with E-state index in [1.807, 2.05) is 19.6 Å². The highest BCUT2D eigenvalue weighted by molar-refractivity contribution is 5.01. The van der Waals surface area contributed by atoms with Crippen LogP contribution in [0.3, 0.4) is 0 Å². The zero-order valence-electron chi connectivity index (χ0n) is 9.08. The summed E-state index contributed by atoms with van der Waals surface area (Å²) in [4.78, 5) is 4.21. The van der Waals surface area contributed by atoms with Gasteiger partial charge in [-0.05, 0) is 31.7 Å². The summed E-state index contributed by atoms with van der Waals surface area (Å²) in [5.41, 5.74) is 1.90. The lowest BCUT2D eigenvalue weighted by Gasteiger charge is -2.15. The van der Waals surface area contributed by atoms with E-state index in [1.54, 1.807) is 0 Å². The summed E-state index contributed by atoms with van der Waals surface area (Å²) in [6.45, 7) is 4.36. The Kier molecular flexibility index (Phi) is 2.59. The van der Waals surface area contributed by atoms with E-state index in [-0.39, 0.29) is 0 Å². The Morgan fingerprint density at radius 2 is 2.36 bits per heavy atom. The summed E-state index contributed by atoms with van der Waals surface area (Å²) in [5.74, 6) is 0. The molecule has 1 heterocycles. The fourth-order valence-electron chi connectivity index (χ4n) is 1.98. The Morgan fingerprint density at radius 3 is 2.93 bits per heavy atom. The van der Waals surface area contributed by atoms with Gasteiger partial charge in [-0.3, -0.25) is 0 Å². The van der Waals surface area contributed by atoms with E-state index in [4.69, 9.17) is 0 Å². The Hall–Kier alpha value is -0.830. The lowest BCUT2D eigenvalue weighted by Crippen LogP contribution is -2.15. The zero-order valence-corrected chi connectivity index (χ0v) is 9.08. The van der Waals surface area contributed by atoms with Crippen LogP contribution in [0.4, 0.5) is 0 Å². The Bertz CT molecular complexity index is 299. The van der Waals surface area contributed by atoms with Gasteiger partial charge in [-0.2, -0.15) is 0 Å². The zero-order chi connectivity index (χ0) is 10.0. The maximum absolute atomic E-state index is 4.21. The van der Waals surface area contributed by atoms with E-state index in [1.165, 1.54) is 25.0 Å². The van der Waals surface area contributed by atoms with E-state index < -0.39 is 0 Å². The molecule has 14 heavy (non-hydrogen) atoms. The normalized spacial score (nSPS) is 18.4. The van der Waals surface area contributed by atoms with Gasteiger partial charge in [-0.15, -0.1) is 0 Å². The summed E-state index contributed by atoms with van der Waals surface area (Å²) >= 11 is 0. The molecule has 1 aliphatic rings. The molecule has 0 unspecified atom stereocenters.